The van der Waals surface area contributed by atoms with E-state index in [1.54, 1.807) is 18.2 Å². The number of ether oxygens (including phenoxy) is 2. The van der Waals surface area contributed by atoms with Gasteiger partial charge in [0.1, 0.15) is 23.9 Å². The maximum Gasteiger partial charge on any atom is 0.326 e. The van der Waals surface area contributed by atoms with E-state index in [1.807, 2.05) is 24.3 Å². The van der Waals surface area contributed by atoms with Gasteiger partial charge in [-0.2, -0.15) is 0 Å². The van der Waals surface area contributed by atoms with Gasteiger partial charge in [0.2, 0.25) is 0 Å². The summed E-state index contributed by atoms with van der Waals surface area (Å²) >= 11 is 7.46. The van der Waals surface area contributed by atoms with Crippen LogP contribution in [0.15, 0.2) is 42.5 Å². The van der Waals surface area contributed by atoms with E-state index in [9.17, 15) is 9.59 Å². The van der Waals surface area contributed by atoms with Crippen molar-refractivity contribution in [2.75, 3.05) is 18.1 Å². The van der Waals surface area contributed by atoms with Crippen molar-refractivity contribution in [2.24, 2.45) is 0 Å². The molecule has 26 heavy (non-hydrogen) atoms. The van der Waals surface area contributed by atoms with Crippen molar-refractivity contribution in [2.45, 2.75) is 6.61 Å². The Morgan fingerprint density at radius 3 is 3.00 bits per heavy atom. The molecule has 8 heteroatoms. The molecular weight excluding hydrogens is 376 g/mol. The lowest BCUT2D eigenvalue weighted by Gasteiger charge is -2.28. The van der Waals surface area contributed by atoms with Crippen molar-refractivity contribution in [3.63, 3.8) is 0 Å². The molecule has 6 nitrogen and oxygen atoms in total. The minimum Gasteiger partial charge on any atom is -0.482 e. The average Bonchev–Trinajstić information content (AvgIpc) is 3.05. The number of carbonyl (C=O) groups is 2. The summed E-state index contributed by atoms with van der Waals surface area (Å²) in [6.45, 7) is -0.265. The number of hydrogen-bond acceptors (Lipinski definition) is 6. The summed E-state index contributed by atoms with van der Waals surface area (Å²) in [6, 6.07) is 12.6. The van der Waals surface area contributed by atoms with E-state index in [4.69, 9.17) is 21.1 Å². The van der Waals surface area contributed by atoms with E-state index in [2.05, 4.69) is 4.98 Å². The SMILES string of the molecule is O=C(CN1C(=O)COc2ccc(Cl)cc21)OCc1nc2ccccc2s1. The molecule has 0 N–H and O–H groups in total. The van der Waals surface area contributed by atoms with Crippen LogP contribution in [0, 0.1) is 0 Å². The highest BCUT2D eigenvalue weighted by atomic mass is 35.5. The zero-order chi connectivity index (χ0) is 18.1. The Labute approximate surface area is 157 Å². The number of amides is 1. The van der Waals surface area contributed by atoms with Crippen molar-refractivity contribution in [1.82, 2.24) is 4.98 Å². The number of para-hydroxylation sites is 1. The number of nitrogens with zero attached hydrogens (tertiary/aromatic N) is 2. The van der Waals surface area contributed by atoms with Crippen LogP contribution in [0.5, 0.6) is 5.75 Å². The van der Waals surface area contributed by atoms with Gasteiger partial charge in [0.15, 0.2) is 6.61 Å². The fraction of sp³-hybridized carbons (Fsp3) is 0.167. The van der Waals surface area contributed by atoms with Gasteiger partial charge < -0.3 is 9.47 Å². The van der Waals surface area contributed by atoms with Crippen molar-refractivity contribution in [1.29, 1.82) is 0 Å². The molecule has 0 saturated heterocycles. The molecule has 0 unspecified atom stereocenters. The molecule has 0 saturated carbocycles. The normalized spacial score (nSPS) is 13.4. The average molecular weight is 389 g/mol. The molecule has 0 bridgehead atoms. The number of rotatable bonds is 4. The summed E-state index contributed by atoms with van der Waals surface area (Å²) in [4.78, 5) is 30.1. The van der Waals surface area contributed by atoms with E-state index < -0.39 is 5.97 Å². The number of hydrogen-bond donors (Lipinski definition) is 0. The second kappa shape index (κ2) is 6.93. The third-order valence-electron chi connectivity index (χ3n) is 3.85. The molecule has 0 atom stereocenters. The van der Waals surface area contributed by atoms with Crippen molar-refractivity contribution in [3.8, 4) is 5.75 Å². The number of benzene rings is 2. The van der Waals surface area contributed by atoms with E-state index in [-0.39, 0.29) is 25.7 Å². The van der Waals surface area contributed by atoms with Gasteiger partial charge in [-0.15, -0.1) is 11.3 Å². The molecular formula is C18H13ClN2O4S. The first-order valence-electron chi connectivity index (χ1n) is 7.83. The quantitative estimate of drug-likeness (QED) is 0.640. The Morgan fingerprint density at radius 2 is 2.15 bits per heavy atom. The van der Waals surface area contributed by atoms with Crippen LogP contribution in [0.4, 0.5) is 5.69 Å². The largest absolute Gasteiger partial charge is 0.482 e. The van der Waals surface area contributed by atoms with Crippen molar-refractivity contribution >= 4 is 50.7 Å². The van der Waals surface area contributed by atoms with Crippen LogP contribution in [0.25, 0.3) is 10.2 Å². The molecule has 132 valence electrons. The Hall–Kier alpha value is -2.64. The predicted octanol–water partition coefficient (Wildman–Crippen LogP) is 3.42. The fourth-order valence-electron chi connectivity index (χ4n) is 2.65. The summed E-state index contributed by atoms with van der Waals surface area (Å²) in [7, 11) is 0. The van der Waals surface area contributed by atoms with Crippen LogP contribution in [0.3, 0.4) is 0 Å². The Morgan fingerprint density at radius 1 is 1.31 bits per heavy atom. The molecule has 0 spiro atoms. The number of carbonyl (C=O) groups excluding carboxylic acids is 2. The topological polar surface area (TPSA) is 68.7 Å². The second-order valence-corrected chi connectivity index (χ2v) is 7.17. The number of anilines is 1. The van der Waals surface area contributed by atoms with Gasteiger partial charge >= 0.3 is 5.97 Å². The maximum absolute atomic E-state index is 12.2. The number of fused-ring (bicyclic) bond motifs is 2. The van der Waals surface area contributed by atoms with Crippen LogP contribution in [-0.4, -0.2) is 30.0 Å². The van der Waals surface area contributed by atoms with Crippen LogP contribution < -0.4 is 9.64 Å². The molecule has 1 aromatic heterocycles. The van der Waals surface area contributed by atoms with E-state index >= 15 is 0 Å². The highest BCUT2D eigenvalue weighted by Gasteiger charge is 2.28. The number of halogens is 1. The molecule has 1 amide bonds. The van der Waals surface area contributed by atoms with Gasteiger partial charge in [0.05, 0.1) is 15.9 Å². The second-order valence-electron chi connectivity index (χ2n) is 5.62. The molecule has 1 aliphatic heterocycles. The Bertz CT molecular complexity index is 971. The molecule has 0 radical (unpaired) electrons. The Balaban J connectivity index is 1.44. The lowest BCUT2D eigenvalue weighted by Crippen LogP contribution is -2.42. The van der Waals surface area contributed by atoms with Crippen LogP contribution in [0.2, 0.25) is 5.02 Å². The minimum absolute atomic E-state index is 0.0686. The number of thiazole rings is 1. The highest BCUT2D eigenvalue weighted by Crippen LogP contribution is 2.34. The smallest absolute Gasteiger partial charge is 0.326 e. The molecule has 0 aliphatic carbocycles. The van der Waals surface area contributed by atoms with Crippen molar-refractivity contribution in [3.05, 3.63) is 52.5 Å². The summed E-state index contributed by atoms with van der Waals surface area (Å²) in [5.41, 5.74) is 1.33. The van der Waals surface area contributed by atoms with Crippen LogP contribution >= 0.6 is 22.9 Å². The third kappa shape index (κ3) is 3.36. The van der Waals surface area contributed by atoms with Gasteiger partial charge in [0.25, 0.3) is 5.91 Å². The third-order valence-corrected chi connectivity index (χ3v) is 5.09. The summed E-state index contributed by atoms with van der Waals surface area (Å²) in [6.07, 6.45) is 0. The van der Waals surface area contributed by atoms with Crippen LogP contribution in [0.1, 0.15) is 5.01 Å². The fourth-order valence-corrected chi connectivity index (χ4v) is 3.69. The van der Waals surface area contributed by atoms with Crippen molar-refractivity contribution < 1.29 is 19.1 Å². The molecule has 0 fully saturated rings. The van der Waals surface area contributed by atoms with E-state index in [0.29, 0.717) is 21.5 Å². The maximum atomic E-state index is 12.2. The van der Waals surface area contributed by atoms with Gasteiger partial charge in [-0.25, -0.2) is 4.98 Å². The monoisotopic (exact) mass is 388 g/mol. The zero-order valence-corrected chi connectivity index (χ0v) is 15.0. The van der Waals surface area contributed by atoms with Crippen LogP contribution in [-0.2, 0) is 20.9 Å². The zero-order valence-electron chi connectivity index (χ0n) is 13.5. The molecule has 2 heterocycles. The highest BCUT2D eigenvalue weighted by molar-refractivity contribution is 7.18. The first-order chi connectivity index (χ1) is 12.6. The van der Waals surface area contributed by atoms with Gasteiger partial charge in [-0.1, -0.05) is 23.7 Å². The number of aromatic nitrogens is 1. The lowest BCUT2D eigenvalue weighted by molar-refractivity contribution is -0.144. The molecule has 1 aliphatic rings. The molecule has 2 aromatic carbocycles. The first-order valence-corrected chi connectivity index (χ1v) is 9.02. The van der Waals surface area contributed by atoms with E-state index in [0.717, 1.165) is 10.2 Å². The van der Waals surface area contributed by atoms with Gasteiger partial charge in [-0.05, 0) is 30.3 Å². The lowest BCUT2D eigenvalue weighted by atomic mass is 10.2. The van der Waals surface area contributed by atoms with Gasteiger partial charge in [-0.3, -0.25) is 14.5 Å². The van der Waals surface area contributed by atoms with E-state index in [1.165, 1.54) is 16.2 Å². The van der Waals surface area contributed by atoms with Gasteiger partial charge in [0, 0.05) is 5.02 Å². The predicted molar refractivity (Wildman–Crippen MR) is 98.7 cm³/mol. The molecule has 4 rings (SSSR count). The number of esters is 1. The summed E-state index contributed by atoms with van der Waals surface area (Å²) < 4.78 is 11.7. The minimum atomic E-state index is -0.523. The summed E-state index contributed by atoms with van der Waals surface area (Å²) in [5.74, 6) is -0.338. The molecule has 3 aromatic rings. The Kier molecular flexibility index (Phi) is 4.48. The summed E-state index contributed by atoms with van der Waals surface area (Å²) in [5, 5.41) is 1.16. The standard InChI is InChI=1S/C18H13ClN2O4S/c19-11-5-6-14-13(7-11)21(17(22)10-24-14)8-18(23)25-9-16-20-12-3-1-2-4-15(12)26-16/h1-7H,8-10H2. The first kappa shape index (κ1) is 16.8.